The van der Waals surface area contributed by atoms with Crippen LogP contribution >= 0.6 is 27.5 Å². The lowest BCUT2D eigenvalue weighted by Crippen LogP contribution is -1.88. The summed E-state index contributed by atoms with van der Waals surface area (Å²) >= 11 is 8.86. The number of rotatable bonds is 1. The zero-order valence-electron chi connectivity index (χ0n) is 5.89. The minimum atomic E-state index is -1.65. The summed E-state index contributed by atoms with van der Waals surface area (Å²) in [4.78, 5) is 0. The maximum atomic E-state index is 12.8. The Morgan fingerprint density at radius 2 is 2.25 bits per heavy atom. The summed E-state index contributed by atoms with van der Waals surface area (Å²) in [6.45, 7) is 0. The van der Waals surface area contributed by atoms with Crippen LogP contribution in [0.5, 0.6) is 0 Å². The molecule has 0 aliphatic carbocycles. The average molecular weight is 248 g/mol. The van der Waals surface area contributed by atoms with Crippen molar-refractivity contribution >= 4 is 27.5 Å². The second-order valence-electron chi connectivity index (χ2n) is 2.16. The first-order chi connectivity index (χ1) is 5.65. The van der Waals surface area contributed by atoms with E-state index in [9.17, 15) is 4.39 Å². The lowest BCUT2D eigenvalue weighted by molar-refractivity contribution is 0.424. The normalized spacial score (nSPS) is 12.2. The third-order valence-electron chi connectivity index (χ3n) is 1.35. The quantitative estimate of drug-likeness (QED) is 0.744. The molecule has 0 spiro atoms. The Kier molecular flexibility index (Phi) is 3.07. The Morgan fingerprint density at radius 1 is 1.58 bits per heavy atom. The molecular formula is C8H4BrClFN. The van der Waals surface area contributed by atoms with Crippen LogP contribution in [0, 0.1) is 11.3 Å². The molecule has 1 nitrogen and oxygen atoms in total. The van der Waals surface area contributed by atoms with Crippen molar-refractivity contribution in [3.8, 4) is 6.07 Å². The van der Waals surface area contributed by atoms with Gasteiger partial charge in [0.15, 0.2) is 0 Å². The fourth-order valence-electron chi connectivity index (χ4n) is 0.777. The van der Waals surface area contributed by atoms with E-state index in [0.717, 1.165) is 4.47 Å². The van der Waals surface area contributed by atoms with Gasteiger partial charge in [0.2, 0.25) is 6.17 Å². The molecule has 0 N–H and O–H groups in total. The molecule has 0 saturated carbocycles. The van der Waals surface area contributed by atoms with Gasteiger partial charge in [-0.2, -0.15) is 5.26 Å². The predicted molar refractivity (Wildman–Crippen MR) is 48.6 cm³/mol. The van der Waals surface area contributed by atoms with Gasteiger partial charge in [-0.05, 0) is 12.1 Å². The number of hydrogen-bond donors (Lipinski definition) is 0. The number of halogens is 3. The van der Waals surface area contributed by atoms with E-state index < -0.39 is 6.17 Å². The van der Waals surface area contributed by atoms with Crippen LogP contribution in [0.3, 0.4) is 0 Å². The Bertz CT molecular complexity index is 334. The summed E-state index contributed by atoms with van der Waals surface area (Å²) in [6.07, 6.45) is -1.65. The van der Waals surface area contributed by atoms with E-state index in [4.69, 9.17) is 16.9 Å². The van der Waals surface area contributed by atoms with Crippen LogP contribution < -0.4 is 0 Å². The van der Waals surface area contributed by atoms with Gasteiger partial charge >= 0.3 is 0 Å². The smallest absolute Gasteiger partial charge is 0.212 e. The first-order valence-corrected chi connectivity index (χ1v) is 4.31. The van der Waals surface area contributed by atoms with Crippen molar-refractivity contribution in [2.24, 2.45) is 0 Å². The third kappa shape index (κ3) is 1.96. The summed E-state index contributed by atoms with van der Waals surface area (Å²) in [5, 5.41) is 8.55. The number of nitrogens with zero attached hydrogens (tertiary/aromatic N) is 1. The summed E-state index contributed by atoms with van der Waals surface area (Å²) in [5.41, 5.74) is 0.211. The van der Waals surface area contributed by atoms with Gasteiger partial charge in [0.1, 0.15) is 6.07 Å². The molecule has 1 aromatic carbocycles. The Hall–Kier alpha value is -0.590. The summed E-state index contributed by atoms with van der Waals surface area (Å²) in [6, 6.07) is 6.16. The highest BCUT2D eigenvalue weighted by atomic mass is 79.9. The minimum absolute atomic E-state index is 0.211. The molecule has 0 saturated heterocycles. The molecule has 0 amide bonds. The molecule has 1 atom stereocenters. The Labute approximate surface area is 82.9 Å². The Balaban J connectivity index is 3.11. The van der Waals surface area contributed by atoms with E-state index in [2.05, 4.69) is 15.9 Å². The van der Waals surface area contributed by atoms with Crippen LogP contribution in [0.1, 0.15) is 11.7 Å². The van der Waals surface area contributed by atoms with Gasteiger partial charge < -0.3 is 0 Å². The molecule has 1 rings (SSSR count). The summed E-state index contributed by atoms with van der Waals surface area (Å²) in [7, 11) is 0. The zero-order chi connectivity index (χ0) is 9.14. The molecule has 0 aliphatic heterocycles. The van der Waals surface area contributed by atoms with Gasteiger partial charge in [-0.15, -0.1) is 0 Å². The van der Waals surface area contributed by atoms with Crippen molar-refractivity contribution < 1.29 is 4.39 Å². The molecule has 0 heterocycles. The van der Waals surface area contributed by atoms with Crippen LogP contribution in [0.2, 0.25) is 5.02 Å². The van der Waals surface area contributed by atoms with Crippen LogP contribution in [0.15, 0.2) is 22.7 Å². The van der Waals surface area contributed by atoms with Gasteiger partial charge in [-0.1, -0.05) is 33.6 Å². The molecule has 0 aliphatic rings. The predicted octanol–water partition coefficient (Wildman–Crippen LogP) is 3.64. The molecule has 0 aromatic heterocycles. The molecule has 62 valence electrons. The van der Waals surface area contributed by atoms with Crippen LogP contribution in [-0.2, 0) is 0 Å². The second kappa shape index (κ2) is 3.88. The first kappa shape index (κ1) is 9.50. The fourth-order valence-corrected chi connectivity index (χ4v) is 1.55. The molecule has 0 radical (unpaired) electrons. The molecule has 0 fully saturated rings. The van der Waals surface area contributed by atoms with Gasteiger partial charge in [-0.3, -0.25) is 0 Å². The van der Waals surface area contributed by atoms with E-state index in [-0.39, 0.29) is 10.6 Å². The highest BCUT2D eigenvalue weighted by Crippen LogP contribution is 2.27. The lowest BCUT2D eigenvalue weighted by atomic mass is 10.1. The number of hydrogen-bond acceptors (Lipinski definition) is 1. The summed E-state index contributed by atoms with van der Waals surface area (Å²) < 4.78 is 13.6. The van der Waals surface area contributed by atoms with Crippen molar-refractivity contribution in [1.82, 2.24) is 0 Å². The molecule has 0 bridgehead atoms. The highest BCUT2D eigenvalue weighted by Gasteiger charge is 2.11. The van der Waals surface area contributed by atoms with Crippen molar-refractivity contribution in [2.75, 3.05) is 0 Å². The molecule has 4 heteroatoms. The monoisotopic (exact) mass is 247 g/mol. The van der Waals surface area contributed by atoms with Crippen LogP contribution in [-0.4, -0.2) is 0 Å². The molecule has 1 aromatic rings. The Morgan fingerprint density at radius 3 is 2.75 bits per heavy atom. The van der Waals surface area contributed by atoms with Crippen molar-refractivity contribution in [3.05, 3.63) is 33.3 Å². The average Bonchev–Trinajstić information content (AvgIpc) is 2.03. The fraction of sp³-hybridized carbons (Fsp3) is 0.125. The van der Waals surface area contributed by atoms with E-state index in [1.165, 1.54) is 12.1 Å². The van der Waals surface area contributed by atoms with E-state index in [0.29, 0.717) is 0 Å². The van der Waals surface area contributed by atoms with Gasteiger partial charge in [-0.25, -0.2) is 4.39 Å². The van der Waals surface area contributed by atoms with Gasteiger partial charge in [0.25, 0.3) is 0 Å². The highest BCUT2D eigenvalue weighted by molar-refractivity contribution is 9.10. The zero-order valence-corrected chi connectivity index (χ0v) is 8.23. The van der Waals surface area contributed by atoms with Crippen molar-refractivity contribution in [2.45, 2.75) is 6.17 Å². The molecule has 12 heavy (non-hydrogen) atoms. The van der Waals surface area contributed by atoms with Crippen molar-refractivity contribution in [3.63, 3.8) is 0 Å². The van der Waals surface area contributed by atoms with Gasteiger partial charge in [0, 0.05) is 15.1 Å². The topological polar surface area (TPSA) is 23.8 Å². The maximum absolute atomic E-state index is 12.8. The standard InChI is InChI=1S/C8H4BrClFN/c9-5-1-2-6(7(10)3-5)8(11)4-12/h1-3,8H/t8-/m0/s1. The SMILES string of the molecule is N#C[C@H](F)c1ccc(Br)cc1Cl. The van der Waals surface area contributed by atoms with E-state index in [1.54, 1.807) is 12.1 Å². The maximum Gasteiger partial charge on any atom is 0.212 e. The van der Waals surface area contributed by atoms with E-state index >= 15 is 0 Å². The second-order valence-corrected chi connectivity index (χ2v) is 3.48. The minimum Gasteiger partial charge on any atom is -0.226 e. The third-order valence-corrected chi connectivity index (χ3v) is 2.17. The summed E-state index contributed by atoms with van der Waals surface area (Å²) in [5.74, 6) is 0. The van der Waals surface area contributed by atoms with Crippen LogP contribution in [0.4, 0.5) is 4.39 Å². The number of nitriles is 1. The van der Waals surface area contributed by atoms with Crippen LogP contribution in [0.25, 0.3) is 0 Å². The number of benzene rings is 1. The molecular weight excluding hydrogens is 244 g/mol. The largest absolute Gasteiger partial charge is 0.226 e. The number of alkyl halides is 1. The van der Waals surface area contributed by atoms with Crippen molar-refractivity contribution in [1.29, 1.82) is 5.26 Å². The molecule has 0 unspecified atom stereocenters. The first-order valence-electron chi connectivity index (χ1n) is 3.14. The lowest BCUT2D eigenvalue weighted by Gasteiger charge is -2.02. The van der Waals surface area contributed by atoms with Gasteiger partial charge in [0.05, 0.1) is 0 Å². The van der Waals surface area contributed by atoms with E-state index in [1.807, 2.05) is 0 Å².